The van der Waals surface area contributed by atoms with Gasteiger partial charge in [-0.15, -0.1) is 0 Å². The lowest BCUT2D eigenvalue weighted by atomic mass is 9.35. The van der Waals surface area contributed by atoms with E-state index in [9.17, 15) is 0 Å². The summed E-state index contributed by atoms with van der Waals surface area (Å²) in [7, 11) is -0.124. The number of piperidine rings is 1. The van der Waals surface area contributed by atoms with Gasteiger partial charge in [-0.25, -0.2) is 0 Å². The van der Waals surface area contributed by atoms with E-state index in [4.69, 9.17) is 18.6 Å². The molecule has 5 nitrogen and oxygen atoms in total. The standard InChI is InChI=1S/C33H45NO4Si/c1-30(2,3)39(5,6)38-25-13-12-23-18-26-31-14-15-33(35-4,24(19-31)21-36-20-22-10-8-7-9-11-22)29-32(31,16-17-34-26)27(23)28(25)37-29/h7-13,24,26,29,34H,14-21H2,1-6H3/t24-,26-,29-,31-,32+,33-/m1/s1. The topological polar surface area (TPSA) is 49.0 Å². The van der Waals surface area contributed by atoms with E-state index < -0.39 is 8.32 Å². The molecule has 0 amide bonds. The highest BCUT2D eigenvalue weighted by atomic mass is 28.4. The van der Waals surface area contributed by atoms with Crippen LogP contribution < -0.4 is 14.5 Å². The van der Waals surface area contributed by atoms with Gasteiger partial charge in [-0.3, -0.25) is 0 Å². The van der Waals surface area contributed by atoms with Gasteiger partial charge in [0.05, 0.1) is 13.2 Å². The molecule has 2 spiro atoms. The summed E-state index contributed by atoms with van der Waals surface area (Å²) >= 11 is 0. The number of nitrogens with one attached hydrogen (secondary N) is 1. The zero-order valence-corrected chi connectivity index (χ0v) is 25.6. The van der Waals surface area contributed by atoms with Crippen molar-refractivity contribution in [1.82, 2.24) is 5.32 Å². The molecule has 6 aliphatic rings. The molecule has 0 unspecified atom stereocenters. The van der Waals surface area contributed by atoms with Gasteiger partial charge in [-0.05, 0) is 74.0 Å². The SMILES string of the molecule is CO[C@]12CC[C@@]3(C[C@@H]1COCc1ccccc1)[C@H]1Cc4ccc(O[Si](C)(C)C(C)(C)C)c5c4[C@@]3(CCN1)[C@H]2O5. The Hall–Kier alpha value is -1.86. The van der Waals surface area contributed by atoms with E-state index >= 15 is 0 Å². The van der Waals surface area contributed by atoms with Crippen LogP contribution in [0, 0.1) is 11.3 Å². The van der Waals surface area contributed by atoms with Crippen LogP contribution in [0.1, 0.15) is 63.1 Å². The van der Waals surface area contributed by atoms with Crippen molar-refractivity contribution in [3.63, 3.8) is 0 Å². The largest absolute Gasteiger partial charge is 0.541 e. The molecule has 1 saturated heterocycles. The van der Waals surface area contributed by atoms with Crippen LogP contribution in [0.25, 0.3) is 0 Å². The Morgan fingerprint density at radius 1 is 1.05 bits per heavy atom. The Morgan fingerprint density at radius 2 is 1.85 bits per heavy atom. The molecule has 8 rings (SSSR count). The van der Waals surface area contributed by atoms with Crippen LogP contribution in [0.3, 0.4) is 0 Å². The molecule has 3 saturated carbocycles. The van der Waals surface area contributed by atoms with E-state index in [1.807, 2.05) is 7.11 Å². The molecule has 6 atom stereocenters. The zero-order chi connectivity index (χ0) is 27.3. The molecule has 210 valence electrons. The first-order chi connectivity index (χ1) is 18.6. The Labute approximate surface area is 235 Å². The van der Waals surface area contributed by atoms with E-state index in [0.717, 1.165) is 43.7 Å². The van der Waals surface area contributed by atoms with Crippen LogP contribution in [0.5, 0.6) is 11.5 Å². The fraction of sp³-hybridized carbons (Fsp3) is 0.636. The van der Waals surface area contributed by atoms with Gasteiger partial charge < -0.3 is 24.0 Å². The minimum Gasteiger partial charge on any atom is -0.541 e. The van der Waals surface area contributed by atoms with E-state index in [1.54, 1.807) is 0 Å². The number of methoxy groups -OCH3 is 1. The number of hydrogen-bond acceptors (Lipinski definition) is 5. The van der Waals surface area contributed by atoms with Gasteiger partial charge in [0.25, 0.3) is 8.32 Å². The van der Waals surface area contributed by atoms with Crippen molar-refractivity contribution in [2.45, 2.75) is 101 Å². The second-order valence-electron chi connectivity index (χ2n) is 14.4. The molecule has 2 aromatic carbocycles. The summed E-state index contributed by atoms with van der Waals surface area (Å²) in [6, 6.07) is 15.5. The van der Waals surface area contributed by atoms with Crippen molar-refractivity contribution in [3.8, 4) is 11.5 Å². The van der Waals surface area contributed by atoms with E-state index in [0.29, 0.717) is 25.2 Å². The number of benzene rings is 2. The third kappa shape index (κ3) is 3.35. The van der Waals surface area contributed by atoms with Gasteiger partial charge in [0.1, 0.15) is 17.5 Å². The Balaban J connectivity index is 1.30. The van der Waals surface area contributed by atoms with Gasteiger partial charge in [-0.2, -0.15) is 0 Å². The highest BCUT2D eigenvalue weighted by molar-refractivity contribution is 6.74. The predicted molar refractivity (Wildman–Crippen MR) is 156 cm³/mol. The molecule has 6 heteroatoms. The van der Waals surface area contributed by atoms with Crippen LogP contribution in [-0.4, -0.2) is 46.3 Å². The van der Waals surface area contributed by atoms with Crippen LogP contribution in [0.4, 0.5) is 0 Å². The second-order valence-corrected chi connectivity index (χ2v) is 19.2. The van der Waals surface area contributed by atoms with E-state index in [2.05, 4.69) is 81.6 Å². The zero-order valence-electron chi connectivity index (χ0n) is 24.6. The predicted octanol–water partition coefficient (Wildman–Crippen LogP) is 6.39. The lowest BCUT2D eigenvalue weighted by Crippen LogP contribution is -2.81. The molecule has 4 bridgehead atoms. The van der Waals surface area contributed by atoms with Gasteiger partial charge in [0.15, 0.2) is 5.75 Å². The maximum atomic E-state index is 7.28. The molecule has 0 radical (unpaired) electrons. The van der Waals surface area contributed by atoms with Crippen molar-refractivity contribution in [3.05, 3.63) is 59.2 Å². The number of hydrogen-bond donors (Lipinski definition) is 1. The fourth-order valence-corrected chi connectivity index (χ4v) is 10.1. The molecule has 4 fully saturated rings. The summed E-state index contributed by atoms with van der Waals surface area (Å²) in [4.78, 5) is 0. The summed E-state index contributed by atoms with van der Waals surface area (Å²) in [6.45, 7) is 14.0. The van der Waals surface area contributed by atoms with Gasteiger partial charge >= 0.3 is 0 Å². The van der Waals surface area contributed by atoms with Gasteiger partial charge in [0.2, 0.25) is 0 Å². The number of rotatable bonds is 7. The minimum absolute atomic E-state index is 0.00867. The molecule has 4 aliphatic carbocycles. The lowest BCUT2D eigenvalue weighted by Gasteiger charge is -2.72. The third-order valence-corrected chi connectivity index (χ3v) is 16.3. The van der Waals surface area contributed by atoms with Crippen molar-refractivity contribution >= 4 is 8.32 Å². The van der Waals surface area contributed by atoms with Crippen LogP contribution in [-0.2, 0) is 27.9 Å². The first kappa shape index (κ1) is 26.1. The molecular formula is C33H45NO4Si. The molecule has 2 aliphatic heterocycles. The van der Waals surface area contributed by atoms with Crippen molar-refractivity contribution < 1.29 is 18.6 Å². The first-order valence-electron chi connectivity index (χ1n) is 15.0. The summed E-state index contributed by atoms with van der Waals surface area (Å²) in [5.74, 6) is 2.28. The molecule has 2 aromatic rings. The summed E-state index contributed by atoms with van der Waals surface area (Å²) in [5, 5.41) is 4.11. The first-order valence-corrected chi connectivity index (χ1v) is 17.9. The summed E-state index contributed by atoms with van der Waals surface area (Å²) in [5.41, 5.74) is 3.91. The average molecular weight is 548 g/mol. The second kappa shape index (κ2) is 8.57. The molecule has 39 heavy (non-hydrogen) atoms. The van der Waals surface area contributed by atoms with Crippen molar-refractivity contribution in [1.29, 1.82) is 0 Å². The number of ether oxygens (including phenoxy) is 3. The van der Waals surface area contributed by atoms with Crippen molar-refractivity contribution in [2.75, 3.05) is 20.3 Å². The highest BCUT2D eigenvalue weighted by Gasteiger charge is 2.79. The monoisotopic (exact) mass is 547 g/mol. The van der Waals surface area contributed by atoms with Crippen LogP contribution >= 0.6 is 0 Å². The highest BCUT2D eigenvalue weighted by Crippen LogP contribution is 2.75. The summed E-state index contributed by atoms with van der Waals surface area (Å²) in [6.07, 6.45) is 5.48. The van der Waals surface area contributed by atoms with E-state index in [1.165, 1.54) is 23.1 Å². The normalized spacial score (nSPS) is 35.9. The molecular weight excluding hydrogens is 502 g/mol. The Morgan fingerprint density at radius 3 is 2.59 bits per heavy atom. The van der Waals surface area contributed by atoms with Crippen LogP contribution in [0.2, 0.25) is 18.1 Å². The quantitative estimate of drug-likeness (QED) is 0.407. The number of fused-ring (bicyclic) bond motifs is 2. The fourth-order valence-electron chi connectivity index (χ4n) is 9.08. The smallest absolute Gasteiger partial charge is 0.250 e. The molecule has 1 N–H and O–H groups in total. The minimum atomic E-state index is -2.04. The maximum absolute atomic E-state index is 7.28. The van der Waals surface area contributed by atoms with Gasteiger partial charge in [0, 0.05) is 35.5 Å². The van der Waals surface area contributed by atoms with Gasteiger partial charge in [-0.1, -0.05) is 57.2 Å². The lowest BCUT2D eigenvalue weighted by molar-refractivity contribution is -0.271. The maximum Gasteiger partial charge on any atom is 0.250 e. The van der Waals surface area contributed by atoms with Crippen molar-refractivity contribution in [2.24, 2.45) is 11.3 Å². The van der Waals surface area contributed by atoms with Crippen LogP contribution in [0.15, 0.2) is 42.5 Å². The molecule has 2 heterocycles. The third-order valence-electron chi connectivity index (χ3n) is 11.9. The Kier molecular flexibility index (Phi) is 5.73. The van der Waals surface area contributed by atoms with E-state index in [-0.39, 0.29) is 27.6 Å². The summed E-state index contributed by atoms with van der Waals surface area (Å²) < 4.78 is 27.4. The molecule has 0 aromatic heterocycles. The average Bonchev–Trinajstić information content (AvgIpc) is 3.26. The Bertz CT molecular complexity index is 1270.